The number of nitrogens with zero attached hydrogens (tertiary/aromatic N) is 4. The molecule has 30 heavy (non-hydrogen) atoms. The summed E-state index contributed by atoms with van der Waals surface area (Å²) in [6.45, 7) is 4.05. The van der Waals surface area contributed by atoms with E-state index in [0.29, 0.717) is 23.5 Å². The number of rotatable bonds is 6. The summed E-state index contributed by atoms with van der Waals surface area (Å²) in [5, 5.41) is 14.3. The first-order chi connectivity index (χ1) is 14.6. The van der Waals surface area contributed by atoms with Crippen molar-refractivity contribution in [3.63, 3.8) is 0 Å². The third-order valence-electron chi connectivity index (χ3n) is 6.31. The van der Waals surface area contributed by atoms with Crippen molar-refractivity contribution in [1.29, 1.82) is 0 Å². The SMILES string of the molecule is COc1cc2nc(N3CCCC(CO)C3)nc(NC3CCN(C)CC3)c2cc1OC. The third-order valence-corrected chi connectivity index (χ3v) is 6.31. The van der Waals surface area contributed by atoms with Crippen molar-refractivity contribution < 1.29 is 14.6 Å². The number of hydrogen-bond acceptors (Lipinski definition) is 8. The van der Waals surface area contributed by atoms with Gasteiger partial charge in [-0.2, -0.15) is 4.98 Å². The van der Waals surface area contributed by atoms with Gasteiger partial charge in [-0.05, 0) is 57.8 Å². The molecule has 2 N–H and O–H groups in total. The molecule has 2 fully saturated rings. The maximum Gasteiger partial charge on any atom is 0.227 e. The molecule has 0 spiro atoms. The monoisotopic (exact) mass is 415 g/mol. The number of fused-ring (bicyclic) bond motifs is 1. The van der Waals surface area contributed by atoms with Crippen molar-refractivity contribution in [2.75, 3.05) is 64.3 Å². The Hall–Kier alpha value is -2.32. The fourth-order valence-electron chi connectivity index (χ4n) is 4.44. The maximum absolute atomic E-state index is 9.63. The number of nitrogens with one attached hydrogen (secondary N) is 1. The van der Waals surface area contributed by atoms with Crippen molar-refractivity contribution in [3.05, 3.63) is 12.1 Å². The van der Waals surface area contributed by atoms with Gasteiger partial charge < -0.3 is 29.7 Å². The van der Waals surface area contributed by atoms with E-state index in [1.54, 1.807) is 14.2 Å². The summed E-state index contributed by atoms with van der Waals surface area (Å²) in [4.78, 5) is 14.4. The second kappa shape index (κ2) is 9.22. The molecule has 2 aliphatic heterocycles. The number of anilines is 2. The fourth-order valence-corrected chi connectivity index (χ4v) is 4.44. The summed E-state index contributed by atoms with van der Waals surface area (Å²) in [7, 11) is 5.45. The molecule has 0 bridgehead atoms. The quantitative estimate of drug-likeness (QED) is 0.744. The van der Waals surface area contributed by atoms with Crippen LogP contribution in [0.1, 0.15) is 25.7 Å². The number of aliphatic hydroxyl groups excluding tert-OH is 1. The van der Waals surface area contributed by atoms with Gasteiger partial charge in [-0.3, -0.25) is 0 Å². The third kappa shape index (κ3) is 4.39. The largest absolute Gasteiger partial charge is 0.493 e. The highest BCUT2D eigenvalue weighted by Crippen LogP contribution is 2.36. The standard InChI is InChI=1S/C22H33N5O3/c1-26-9-6-16(7-10-26)23-21-17-11-19(29-2)20(30-3)12-18(17)24-22(25-21)27-8-4-5-15(13-27)14-28/h11-12,15-16,28H,4-10,13-14H2,1-3H3,(H,23,24,25). The zero-order valence-electron chi connectivity index (χ0n) is 18.2. The molecule has 1 atom stereocenters. The normalized spacial score (nSPS) is 21.1. The van der Waals surface area contributed by atoms with Crippen molar-refractivity contribution in [2.45, 2.75) is 31.7 Å². The molecule has 8 heteroatoms. The molecule has 0 amide bonds. The number of hydrogen-bond donors (Lipinski definition) is 2. The lowest BCUT2D eigenvalue weighted by atomic mass is 9.99. The molecular formula is C22H33N5O3. The van der Waals surface area contributed by atoms with Gasteiger partial charge in [-0.1, -0.05) is 0 Å². The second-order valence-electron chi connectivity index (χ2n) is 8.46. The summed E-state index contributed by atoms with van der Waals surface area (Å²) in [6.07, 6.45) is 4.25. The highest BCUT2D eigenvalue weighted by molar-refractivity contribution is 5.93. The predicted molar refractivity (Wildman–Crippen MR) is 119 cm³/mol. The van der Waals surface area contributed by atoms with E-state index in [1.807, 2.05) is 12.1 Å². The van der Waals surface area contributed by atoms with Crippen molar-refractivity contribution in [2.24, 2.45) is 5.92 Å². The van der Waals surface area contributed by atoms with Gasteiger partial charge in [0, 0.05) is 37.2 Å². The number of piperidine rings is 2. The van der Waals surface area contributed by atoms with E-state index in [2.05, 4.69) is 22.2 Å². The maximum atomic E-state index is 9.63. The zero-order valence-corrected chi connectivity index (χ0v) is 18.2. The van der Waals surface area contributed by atoms with Crippen molar-refractivity contribution in [1.82, 2.24) is 14.9 Å². The van der Waals surface area contributed by atoms with E-state index in [9.17, 15) is 5.11 Å². The minimum atomic E-state index is 0.204. The molecule has 0 saturated carbocycles. The molecule has 4 rings (SSSR count). The number of benzene rings is 1. The van der Waals surface area contributed by atoms with Crippen molar-refractivity contribution in [3.8, 4) is 11.5 Å². The van der Waals surface area contributed by atoms with Crippen LogP contribution in [0, 0.1) is 5.92 Å². The molecule has 1 aromatic heterocycles. The highest BCUT2D eigenvalue weighted by atomic mass is 16.5. The van der Waals surface area contributed by atoms with E-state index in [0.717, 1.165) is 68.6 Å². The van der Waals surface area contributed by atoms with Gasteiger partial charge in [-0.15, -0.1) is 0 Å². The van der Waals surface area contributed by atoms with Crippen LogP contribution >= 0.6 is 0 Å². The Bertz CT molecular complexity index is 869. The first-order valence-corrected chi connectivity index (χ1v) is 10.9. The van der Waals surface area contributed by atoms with Crippen LogP contribution in [0.2, 0.25) is 0 Å². The molecule has 1 aromatic carbocycles. The van der Waals surface area contributed by atoms with Gasteiger partial charge in [-0.25, -0.2) is 4.98 Å². The number of methoxy groups -OCH3 is 2. The molecule has 164 valence electrons. The Kier molecular flexibility index (Phi) is 6.43. The van der Waals surface area contributed by atoms with E-state index in [4.69, 9.17) is 19.4 Å². The van der Waals surface area contributed by atoms with Gasteiger partial charge in [0.05, 0.1) is 19.7 Å². The van der Waals surface area contributed by atoms with Gasteiger partial charge in [0.15, 0.2) is 11.5 Å². The average Bonchev–Trinajstić information content (AvgIpc) is 2.79. The highest BCUT2D eigenvalue weighted by Gasteiger charge is 2.24. The summed E-state index contributed by atoms with van der Waals surface area (Å²) in [5.41, 5.74) is 0.833. The smallest absolute Gasteiger partial charge is 0.227 e. The van der Waals surface area contributed by atoms with Crippen LogP contribution in [0.3, 0.4) is 0 Å². The Morgan fingerprint density at radius 2 is 1.80 bits per heavy atom. The van der Waals surface area contributed by atoms with Crippen LogP contribution in [0.4, 0.5) is 11.8 Å². The van der Waals surface area contributed by atoms with Gasteiger partial charge in [0.25, 0.3) is 0 Å². The van der Waals surface area contributed by atoms with Crippen LogP contribution in [0.5, 0.6) is 11.5 Å². The van der Waals surface area contributed by atoms with Crippen LogP contribution in [0.15, 0.2) is 12.1 Å². The summed E-state index contributed by atoms with van der Waals surface area (Å²) < 4.78 is 11.0. The molecule has 1 unspecified atom stereocenters. The summed E-state index contributed by atoms with van der Waals surface area (Å²) >= 11 is 0. The van der Waals surface area contributed by atoms with E-state index >= 15 is 0 Å². The molecule has 2 aromatic rings. The minimum Gasteiger partial charge on any atom is -0.493 e. The van der Waals surface area contributed by atoms with E-state index < -0.39 is 0 Å². The molecule has 0 radical (unpaired) electrons. The lowest BCUT2D eigenvalue weighted by molar-refractivity contribution is 0.208. The fraction of sp³-hybridized carbons (Fsp3) is 0.636. The minimum absolute atomic E-state index is 0.204. The number of aliphatic hydroxyl groups is 1. The topological polar surface area (TPSA) is 83.0 Å². The van der Waals surface area contributed by atoms with Crippen LogP contribution in [-0.4, -0.2) is 80.1 Å². The van der Waals surface area contributed by atoms with E-state index in [1.165, 1.54) is 0 Å². The lowest BCUT2D eigenvalue weighted by Gasteiger charge is -2.33. The summed E-state index contributed by atoms with van der Waals surface area (Å²) in [6, 6.07) is 4.26. The Balaban J connectivity index is 1.73. The number of likely N-dealkylation sites (tertiary alicyclic amines) is 1. The van der Waals surface area contributed by atoms with Gasteiger partial charge in [0.2, 0.25) is 5.95 Å². The lowest BCUT2D eigenvalue weighted by Crippen LogP contribution is -2.38. The molecule has 2 saturated heterocycles. The first-order valence-electron chi connectivity index (χ1n) is 10.9. The molecule has 2 aliphatic rings. The van der Waals surface area contributed by atoms with Crippen LogP contribution in [-0.2, 0) is 0 Å². The Morgan fingerprint density at radius 1 is 1.07 bits per heavy atom. The van der Waals surface area contributed by atoms with Crippen molar-refractivity contribution >= 4 is 22.7 Å². The average molecular weight is 416 g/mol. The second-order valence-corrected chi connectivity index (χ2v) is 8.46. The van der Waals surface area contributed by atoms with Gasteiger partial charge >= 0.3 is 0 Å². The van der Waals surface area contributed by atoms with Crippen LogP contribution < -0.4 is 19.7 Å². The zero-order chi connectivity index (χ0) is 21.1. The predicted octanol–water partition coefficient (Wildman–Crippen LogP) is 2.36. The molecule has 0 aliphatic carbocycles. The van der Waals surface area contributed by atoms with E-state index in [-0.39, 0.29) is 12.5 Å². The van der Waals surface area contributed by atoms with Crippen LogP contribution in [0.25, 0.3) is 10.9 Å². The Morgan fingerprint density at radius 3 is 2.50 bits per heavy atom. The first kappa shape index (κ1) is 20.9. The van der Waals surface area contributed by atoms with Gasteiger partial charge in [0.1, 0.15) is 5.82 Å². The number of aromatic nitrogens is 2. The summed E-state index contributed by atoms with van der Waals surface area (Å²) in [5.74, 6) is 3.16. The molecular weight excluding hydrogens is 382 g/mol. The number of ether oxygens (including phenoxy) is 2. The molecule has 3 heterocycles. The molecule has 8 nitrogen and oxygen atoms in total. The Labute approximate surface area is 178 Å².